The first kappa shape index (κ1) is 17.8. The molecule has 1 fully saturated rings. The molecular weight excluding hydrogens is 268 g/mol. The highest BCUT2D eigenvalue weighted by atomic mass is 16.4. The third-order valence-corrected chi connectivity index (χ3v) is 4.40. The number of hydrogen-bond acceptors (Lipinski definition) is 2. The van der Waals surface area contributed by atoms with E-state index in [1.54, 1.807) is 6.92 Å². The molecule has 1 saturated carbocycles. The maximum absolute atomic E-state index is 12.0. The van der Waals surface area contributed by atoms with Gasteiger partial charge in [0, 0.05) is 6.54 Å². The summed E-state index contributed by atoms with van der Waals surface area (Å²) in [5.74, 6) is -0.902. The quantitative estimate of drug-likeness (QED) is 0.572. The summed E-state index contributed by atoms with van der Waals surface area (Å²) in [7, 11) is 0. The lowest BCUT2D eigenvalue weighted by molar-refractivity contribution is -0.144. The average Bonchev–Trinajstić information content (AvgIpc) is 3.21. The maximum Gasteiger partial charge on any atom is 0.329 e. The van der Waals surface area contributed by atoms with E-state index < -0.39 is 11.5 Å². The number of urea groups is 1. The van der Waals surface area contributed by atoms with Crippen molar-refractivity contribution in [2.45, 2.75) is 71.8 Å². The zero-order chi connectivity index (χ0) is 16.1. The Morgan fingerprint density at radius 2 is 1.81 bits per heavy atom. The van der Waals surface area contributed by atoms with Crippen LogP contribution in [0.1, 0.15) is 66.2 Å². The minimum Gasteiger partial charge on any atom is -0.480 e. The molecule has 0 aliphatic heterocycles. The first-order chi connectivity index (χ1) is 9.71. The highest BCUT2D eigenvalue weighted by molar-refractivity contribution is 5.86. The predicted octanol–water partition coefficient (Wildman–Crippen LogP) is 3.15. The summed E-state index contributed by atoms with van der Waals surface area (Å²) in [6.45, 7) is 8.58. The summed E-state index contributed by atoms with van der Waals surface area (Å²) >= 11 is 0. The van der Waals surface area contributed by atoms with E-state index in [0.29, 0.717) is 6.54 Å². The molecule has 0 heterocycles. The molecule has 1 atom stereocenters. The second-order valence-corrected chi connectivity index (χ2v) is 7.21. The van der Waals surface area contributed by atoms with Gasteiger partial charge in [0.1, 0.15) is 5.54 Å². The molecule has 1 unspecified atom stereocenters. The molecule has 0 bridgehead atoms. The van der Waals surface area contributed by atoms with Gasteiger partial charge in [-0.25, -0.2) is 9.59 Å². The number of nitrogens with one attached hydrogen (secondary N) is 2. The molecule has 5 nitrogen and oxygen atoms in total. The number of unbranched alkanes of at least 4 members (excludes halogenated alkanes) is 2. The van der Waals surface area contributed by atoms with E-state index in [1.807, 2.05) is 0 Å². The molecule has 21 heavy (non-hydrogen) atoms. The van der Waals surface area contributed by atoms with Crippen molar-refractivity contribution in [3.05, 3.63) is 0 Å². The highest BCUT2D eigenvalue weighted by Gasteiger charge is 2.48. The Balaban J connectivity index is 2.40. The summed E-state index contributed by atoms with van der Waals surface area (Å²) in [5.41, 5.74) is -1.11. The van der Waals surface area contributed by atoms with Crippen molar-refractivity contribution in [1.82, 2.24) is 10.6 Å². The molecule has 3 N–H and O–H groups in total. The van der Waals surface area contributed by atoms with Crippen LogP contribution >= 0.6 is 0 Å². The van der Waals surface area contributed by atoms with Gasteiger partial charge in [0.2, 0.25) is 0 Å². The predicted molar refractivity (Wildman–Crippen MR) is 83.2 cm³/mol. The van der Waals surface area contributed by atoms with Crippen LogP contribution in [-0.2, 0) is 4.79 Å². The maximum atomic E-state index is 12.0. The lowest BCUT2D eigenvalue weighted by atomic mass is 9.87. The zero-order valence-corrected chi connectivity index (χ0v) is 13.8. The number of rotatable bonds is 9. The van der Waals surface area contributed by atoms with Crippen molar-refractivity contribution in [2.24, 2.45) is 11.3 Å². The van der Waals surface area contributed by atoms with Crippen LogP contribution in [0.3, 0.4) is 0 Å². The Morgan fingerprint density at radius 1 is 1.19 bits per heavy atom. The van der Waals surface area contributed by atoms with Crippen LogP contribution in [0.4, 0.5) is 4.79 Å². The topological polar surface area (TPSA) is 78.4 Å². The van der Waals surface area contributed by atoms with Crippen LogP contribution < -0.4 is 10.6 Å². The second kappa shape index (κ2) is 7.14. The van der Waals surface area contributed by atoms with Crippen LogP contribution in [-0.4, -0.2) is 29.2 Å². The number of aliphatic carboxylic acids is 1. The van der Waals surface area contributed by atoms with Crippen molar-refractivity contribution in [1.29, 1.82) is 0 Å². The minimum atomic E-state index is -1.14. The van der Waals surface area contributed by atoms with Crippen molar-refractivity contribution in [3.63, 3.8) is 0 Å². The SMILES string of the molecule is CCCCCC(C)(C)CNC(=O)NC(C)(C(=O)O)C1CC1. The summed E-state index contributed by atoms with van der Waals surface area (Å²) < 4.78 is 0. The van der Waals surface area contributed by atoms with Gasteiger partial charge in [0.15, 0.2) is 0 Å². The lowest BCUT2D eigenvalue weighted by Gasteiger charge is -2.29. The highest BCUT2D eigenvalue weighted by Crippen LogP contribution is 2.39. The molecule has 0 saturated heterocycles. The number of hydrogen-bond donors (Lipinski definition) is 3. The summed E-state index contributed by atoms with van der Waals surface area (Å²) in [4.78, 5) is 23.4. The van der Waals surface area contributed by atoms with E-state index >= 15 is 0 Å². The van der Waals surface area contributed by atoms with E-state index in [-0.39, 0.29) is 17.4 Å². The van der Waals surface area contributed by atoms with Gasteiger partial charge in [-0.3, -0.25) is 0 Å². The van der Waals surface area contributed by atoms with Crippen molar-refractivity contribution in [2.75, 3.05) is 6.54 Å². The zero-order valence-electron chi connectivity index (χ0n) is 13.8. The molecule has 2 amide bonds. The van der Waals surface area contributed by atoms with Crippen LogP contribution in [0.15, 0.2) is 0 Å². The van der Waals surface area contributed by atoms with Gasteiger partial charge in [-0.15, -0.1) is 0 Å². The van der Waals surface area contributed by atoms with Crippen molar-refractivity contribution >= 4 is 12.0 Å². The van der Waals surface area contributed by atoms with Crippen LogP contribution in [0.25, 0.3) is 0 Å². The number of amides is 2. The van der Waals surface area contributed by atoms with Gasteiger partial charge in [0.25, 0.3) is 0 Å². The van der Waals surface area contributed by atoms with Crippen molar-refractivity contribution in [3.8, 4) is 0 Å². The fourth-order valence-corrected chi connectivity index (χ4v) is 2.53. The fourth-order valence-electron chi connectivity index (χ4n) is 2.53. The Labute approximate surface area is 127 Å². The minimum absolute atomic E-state index is 0.0334. The molecule has 0 aromatic rings. The monoisotopic (exact) mass is 298 g/mol. The van der Waals surface area contributed by atoms with E-state index in [9.17, 15) is 14.7 Å². The Hall–Kier alpha value is -1.26. The number of carboxylic acid groups (broad SMARTS) is 1. The summed E-state index contributed by atoms with van der Waals surface area (Å²) in [6, 6.07) is -0.379. The fraction of sp³-hybridized carbons (Fsp3) is 0.875. The van der Waals surface area contributed by atoms with Gasteiger partial charge in [-0.05, 0) is 37.5 Å². The van der Waals surface area contributed by atoms with E-state index in [2.05, 4.69) is 31.4 Å². The van der Waals surface area contributed by atoms with Gasteiger partial charge >= 0.3 is 12.0 Å². The van der Waals surface area contributed by atoms with E-state index in [4.69, 9.17) is 0 Å². The van der Waals surface area contributed by atoms with Crippen LogP contribution in [0.2, 0.25) is 0 Å². The molecule has 122 valence electrons. The first-order valence-electron chi connectivity index (χ1n) is 8.00. The molecule has 1 aliphatic carbocycles. The Morgan fingerprint density at radius 3 is 2.29 bits per heavy atom. The van der Waals surface area contributed by atoms with E-state index in [1.165, 1.54) is 12.8 Å². The van der Waals surface area contributed by atoms with Gasteiger partial charge < -0.3 is 15.7 Å². The van der Waals surface area contributed by atoms with Crippen LogP contribution in [0, 0.1) is 11.3 Å². The molecule has 0 aromatic heterocycles. The van der Waals surface area contributed by atoms with Crippen LogP contribution in [0.5, 0.6) is 0 Å². The largest absolute Gasteiger partial charge is 0.480 e. The molecular formula is C16H30N2O3. The summed E-state index contributed by atoms with van der Waals surface area (Å²) in [6.07, 6.45) is 6.33. The number of carbonyl (C=O) groups is 2. The number of carboxylic acids is 1. The molecule has 0 radical (unpaired) electrons. The van der Waals surface area contributed by atoms with Gasteiger partial charge in [-0.2, -0.15) is 0 Å². The molecule has 1 rings (SSSR count). The lowest BCUT2D eigenvalue weighted by Crippen LogP contribution is -2.57. The van der Waals surface area contributed by atoms with E-state index in [0.717, 1.165) is 25.7 Å². The molecule has 1 aliphatic rings. The molecule has 0 aromatic carbocycles. The van der Waals surface area contributed by atoms with Crippen molar-refractivity contribution < 1.29 is 14.7 Å². The third-order valence-electron chi connectivity index (χ3n) is 4.40. The van der Waals surface area contributed by atoms with Gasteiger partial charge in [-0.1, -0.05) is 40.0 Å². The summed E-state index contributed by atoms with van der Waals surface area (Å²) in [5, 5.41) is 14.8. The molecule has 0 spiro atoms. The molecule has 5 heteroatoms. The third kappa shape index (κ3) is 5.56. The standard InChI is InChI=1S/C16H30N2O3/c1-5-6-7-10-15(2,3)11-17-14(21)18-16(4,13(19)20)12-8-9-12/h12H,5-11H2,1-4H3,(H,19,20)(H2,17,18,21). The average molecular weight is 298 g/mol. The Bertz CT molecular complexity index is 378. The second-order valence-electron chi connectivity index (χ2n) is 7.21. The Kier molecular flexibility index (Phi) is 6.05. The smallest absolute Gasteiger partial charge is 0.329 e. The normalized spacial score (nSPS) is 17.9. The van der Waals surface area contributed by atoms with Gasteiger partial charge in [0.05, 0.1) is 0 Å². The number of carbonyl (C=O) groups excluding carboxylic acids is 1. The first-order valence-corrected chi connectivity index (χ1v) is 8.00.